The summed E-state index contributed by atoms with van der Waals surface area (Å²) in [5, 5.41) is 3.35. The number of dihydropyridines is 1. The third-order valence-corrected chi connectivity index (χ3v) is 13.7. The van der Waals surface area contributed by atoms with Gasteiger partial charge in [-0.3, -0.25) is 15.0 Å². The zero-order valence-electron chi connectivity index (χ0n) is 40.2. The lowest BCUT2D eigenvalue weighted by Crippen LogP contribution is -2.11. The highest BCUT2D eigenvalue weighted by Gasteiger charge is 2.19. The molecule has 6 aromatic carbocycles. The van der Waals surface area contributed by atoms with Gasteiger partial charge in [-0.15, -0.1) is 0 Å². The number of rotatable bonds is 12. The summed E-state index contributed by atoms with van der Waals surface area (Å²) in [6.45, 7) is 2.96. The molecule has 1 atom stereocenters. The smallest absolute Gasteiger partial charge is 0.0401 e. The maximum atomic E-state index is 6.55. The molecule has 0 bridgehead atoms. The van der Waals surface area contributed by atoms with Gasteiger partial charge in [-0.25, -0.2) is 0 Å². The van der Waals surface area contributed by atoms with E-state index in [0.29, 0.717) is 0 Å². The minimum Gasteiger partial charge on any atom is -0.404 e. The predicted octanol–water partition coefficient (Wildman–Crippen LogP) is 15.9. The van der Waals surface area contributed by atoms with Crippen LogP contribution in [0.3, 0.4) is 0 Å². The van der Waals surface area contributed by atoms with E-state index >= 15 is 0 Å². The average Bonchev–Trinajstić information content (AvgIpc) is 3.47. The van der Waals surface area contributed by atoms with Gasteiger partial charge in [0.1, 0.15) is 0 Å². The Morgan fingerprint density at radius 3 is 1.69 bits per heavy atom. The molecule has 72 heavy (non-hydrogen) atoms. The number of benzene rings is 6. The summed E-state index contributed by atoms with van der Waals surface area (Å²) in [5.41, 5.74) is 30.3. The monoisotopic (exact) mass is 927 g/mol. The van der Waals surface area contributed by atoms with Crippen molar-refractivity contribution in [3.8, 4) is 66.8 Å². The van der Waals surface area contributed by atoms with Gasteiger partial charge in [0, 0.05) is 72.5 Å². The predicted molar refractivity (Wildman–Crippen MR) is 301 cm³/mol. The Hall–Kier alpha value is -9.19. The van der Waals surface area contributed by atoms with E-state index in [9.17, 15) is 0 Å². The van der Waals surface area contributed by atoms with Gasteiger partial charge in [-0.05, 0) is 193 Å². The van der Waals surface area contributed by atoms with Crippen molar-refractivity contribution in [2.45, 2.75) is 19.3 Å². The Kier molecular flexibility index (Phi) is 13.1. The molecule has 0 saturated heterocycles. The van der Waals surface area contributed by atoms with Gasteiger partial charge in [0.05, 0.1) is 0 Å². The normalized spacial score (nSPS) is 14.6. The van der Waals surface area contributed by atoms with Crippen LogP contribution < -0.4 is 11.1 Å². The van der Waals surface area contributed by atoms with Crippen molar-refractivity contribution in [2.75, 3.05) is 6.54 Å². The van der Waals surface area contributed by atoms with Crippen molar-refractivity contribution in [3.05, 3.63) is 284 Å². The maximum absolute atomic E-state index is 6.55. The summed E-state index contributed by atoms with van der Waals surface area (Å²) in [5.74, 6) is 0.179. The molecule has 4 heterocycles. The van der Waals surface area contributed by atoms with Gasteiger partial charge in [0.25, 0.3) is 0 Å². The molecule has 3 aromatic heterocycles. The van der Waals surface area contributed by atoms with Crippen molar-refractivity contribution >= 4 is 22.3 Å². The molecule has 1 aliphatic carbocycles. The highest BCUT2D eigenvalue weighted by atomic mass is 14.8. The first kappa shape index (κ1) is 45.3. The summed E-state index contributed by atoms with van der Waals surface area (Å²) in [4.78, 5) is 13.7. The number of pyridine rings is 3. The summed E-state index contributed by atoms with van der Waals surface area (Å²) in [6.07, 6.45) is 29.2. The second-order valence-electron chi connectivity index (χ2n) is 18.5. The minimum absolute atomic E-state index is 0.179. The minimum atomic E-state index is 0.179. The highest BCUT2D eigenvalue weighted by molar-refractivity contribution is 5.89. The number of aromatic nitrogens is 3. The van der Waals surface area contributed by atoms with E-state index in [4.69, 9.17) is 10.7 Å². The molecule has 9 aromatic rings. The van der Waals surface area contributed by atoms with Crippen LogP contribution in [0.25, 0.3) is 89.1 Å². The van der Waals surface area contributed by atoms with Crippen LogP contribution >= 0.6 is 0 Å². The first-order valence-electron chi connectivity index (χ1n) is 24.5. The molecular weight excluding hydrogens is 875 g/mol. The summed E-state index contributed by atoms with van der Waals surface area (Å²) in [7, 11) is 0. The molecule has 5 nitrogen and oxygen atoms in total. The molecule has 1 unspecified atom stereocenters. The van der Waals surface area contributed by atoms with E-state index in [2.05, 4.69) is 216 Å². The molecule has 5 heteroatoms. The second-order valence-corrected chi connectivity index (χ2v) is 18.5. The fourth-order valence-corrected chi connectivity index (χ4v) is 9.84. The highest BCUT2D eigenvalue weighted by Crippen LogP contribution is 2.40. The van der Waals surface area contributed by atoms with E-state index < -0.39 is 0 Å². The van der Waals surface area contributed by atoms with Crippen molar-refractivity contribution in [1.82, 2.24) is 20.3 Å². The molecule has 1 aliphatic heterocycles. The number of hydrogen-bond donors (Lipinski definition) is 2. The molecule has 0 saturated carbocycles. The van der Waals surface area contributed by atoms with Gasteiger partial charge < -0.3 is 11.1 Å². The topological polar surface area (TPSA) is 76.7 Å². The third-order valence-electron chi connectivity index (χ3n) is 13.7. The largest absolute Gasteiger partial charge is 0.404 e. The lowest BCUT2D eigenvalue weighted by Gasteiger charge is -2.21. The van der Waals surface area contributed by atoms with Crippen molar-refractivity contribution in [3.63, 3.8) is 0 Å². The van der Waals surface area contributed by atoms with Crippen molar-refractivity contribution < 1.29 is 0 Å². The standard InChI is InChI=1S/C67H53N5/c1-46(28-65(40-68)63-34-59(47-12-3-2-4-13-47)33-60(36-63)52-18-6-15-49(30-52)56-22-9-25-69-41-56)48-14-5-21-55(29-48)66-39-67(45-72-44-66)64-37-61(53-19-7-16-50(31-53)57-23-10-26-70-42-57)35-62(38-64)54-20-8-17-51(32-54)58-24-11-27-71-43-58/h2-31,33-40,42-45,54,69H,32,41,68H2,1H3/b46-28+,65-40+. The molecule has 346 valence electrons. The Bertz CT molecular complexity index is 3620. The third kappa shape index (κ3) is 10.1. The molecule has 2 aliphatic rings. The lowest BCUT2D eigenvalue weighted by molar-refractivity contribution is 0.867. The summed E-state index contributed by atoms with van der Waals surface area (Å²) in [6, 6.07) is 61.2. The maximum Gasteiger partial charge on any atom is 0.0401 e. The Balaban J connectivity index is 0.927. The van der Waals surface area contributed by atoms with Crippen molar-refractivity contribution in [2.24, 2.45) is 5.73 Å². The van der Waals surface area contributed by atoms with Crippen LogP contribution in [0.4, 0.5) is 0 Å². The molecular formula is C67H53N5. The first-order valence-corrected chi connectivity index (χ1v) is 24.5. The van der Waals surface area contributed by atoms with E-state index in [1.807, 2.05) is 55.5 Å². The first-order chi connectivity index (χ1) is 35.5. The van der Waals surface area contributed by atoms with Crippen LogP contribution in [-0.4, -0.2) is 21.5 Å². The molecule has 0 radical (unpaired) electrons. The van der Waals surface area contributed by atoms with Crippen molar-refractivity contribution in [1.29, 1.82) is 0 Å². The molecule has 0 spiro atoms. The number of nitrogens with zero attached hydrogens (tertiary/aromatic N) is 3. The Labute approximate surface area is 422 Å². The van der Waals surface area contributed by atoms with Crippen LogP contribution in [0.5, 0.6) is 0 Å². The summed E-state index contributed by atoms with van der Waals surface area (Å²) >= 11 is 0. The van der Waals surface area contributed by atoms with Gasteiger partial charge in [0.2, 0.25) is 0 Å². The van der Waals surface area contributed by atoms with E-state index in [0.717, 1.165) is 108 Å². The number of allylic oxidation sites excluding steroid dienone is 9. The fourth-order valence-electron chi connectivity index (χ4n) is 9.84. The SMILES string of the molecule is C/C(=C\C(=C/N)c1cc(-c2ccccc2)cc(-c2cccc(C3=CC=CNC3)c2)c1)c1cccc(-c2cncc(-c3cc(-c4cccc(-c5cccnc5)c4)cc(C4C=CC=C(c5cccnc5)C4)c3)c2)c1. The number of hydrogen-bond acceptors (Lipinski definition) is 5. The molecule has 0 fully saturated rings. The molecule has 0 amide bonds. The van der Waals surface area contributed by atoms with Crippen LogP contribution in [0.2, 0.25) is 0 Å². The fraction of sp³-hybridized carbons (Fsp3) is 0.0597. The number of nitrogens with two attached hydrogens (primary N) is 1. The van der Waals surface area contributed by atoms with Gasteiger partial charge in [-0.2, -0.15) is 0 Å². The number of nitrogens with one attached hydrogen (secondary N) is 1. The second kappa shape index (κ2) is 20.8. The zero-order chi connectivity index (χ0) is 48.6. The Morgan fingerprint density at radius 2 is 1.00 bits per heavy atom. The molecule has 11 rings (SSSR count). The Morgan fingerprint density at radius 1 is 0.472 bits per heavy atom. The summed E-state index contributed by atoms with van der Waals surface area (Å²) < 4.78 is 0. The van der Waals surface area contributed by atoms with Crippen LogP contribution in [0, 0.1) is 0 Å². The van der Waals surface area contributed by atoms with Crippen LogP contribution in [-0.2, 0) is 0 Å². The average molecular weight is 928 g/mol. The molecule has 3 N–H and O–H groups in total. The van der Waals surface area contributed by atoms with Crippen LogP contribution in [0.15, 0.2) is 256 Å². The quantitative estimate of drug-likeness (QED) is 0.119. The lowest BCUT2D eigenvalue weighted by atomic mass is 9.83. The van der Waals surface area contributed by atoms with E-state index in [-0.39, 0.29) is 5.92 Å². The van der Waals surface area contributed by atoms with Gasteiger partial charge in [0.15, 0.2) is 0 Å². The van der Waals surface area contributed by atoms with E-state index in [1.54, 1.807) is 6.20 Å². The van der Waals surface area contributed by atoms with Gasteiger partial charge in [-0.1, -0.05) is 133 Å². The zero-order valence-corrected chi connectivity index (χ0v) is 40.2. The van der Waals surface area contributed by atoms with Gasteiger partial charge >= 0.3 is 0 Å². The van der Waals surface area contributed by atoms with E-state index in [1.165, 1.54) is 22.3 Å². The van der Waals surface area contributed by atoms with Crippen LogP contribution in [0.1, 0.15) is 47.1 Å².